The molecule has 0 bridgehead atoms. The van der Waals surface area contributed by atoms with Crippen LogP contribution < -0.4 is 5.32 Å². The molecule has 0 aromatic heterocycles. The topological polar surface area (TPSA) is 21.3 Å². The highest BCUT2D eigenvalue weighted by atomic mass is 16.5. The average molecular weight is 283 g/mol. The van der Waals surface area contributed by atoms with Crippen molar-refractivity contribution in [3.8, 4) is 0 Å². The molecule has 1 N–H and O–H groups in total. The van der Waals surface area contributed by atoms with Crippen LogP contribution >= 0.6 is 0 Å². The first-order chi connectivity index (χ1) is 10.4. The minimum Gasteiger partial charge on any atom is -0.372 e. The van der Waals surface area contributed by atoms with E-state index in [1.54, 1.807) is 0 Å². The van der Waals surface area contributed by atoms with E-state index in [1.807, 2.05) is 6.07 Å². The fourth-order valence-corrected chi connectivity index (χ4v) is 2.36. The van der Waals surface area contributed by atoms with Crippen molar-refractivity contribution in [2.75, 3.05) is 19.7 Å². The van der Waals surface area contributed by atoms with Gasteiger partial charge in [0.25, 0.3) is 0 Å². The third kappa shape index (κ3) is 5.70. The van der Waals surface area contributed by atoms with Gasteiger partial charge in [0.1, 0.15) is 0 Å². The van der Waals surface area contributed by atoms with Crippen molar-refractivity contribution in [2.45, 2.75) is 25.9 Å². The number of benzene rings is 2. The first kappa shape index (κ1) is 15.7. The second-order valence-corrected chi connectivity index (χ2v) is 5.17. The Morgan fingerprint density at radius 3 is 2.29 bits per heavy atom. The number of hydrogen-bond acceptors (Lipinski definition) is 2. The van der Waals surface area contributed by atoms with Crippen LogP contribution in [0.2, 0.25) is 0 Å². The SMILES string of the molecule is CCNCC(OCCCc1ccccc1)c1ccccc1. The van der Waals surface area contributed by atoms with E-state index in [4.69, 9.17) is 4.74 Å². The minimum absolute atomic E-state index is 0.141. The van der Waals surface area contributed by atoms with Crippen LogP contribution in [-0.2, 0) is 11.2 Å². The van der Waals surface area contributed by atoms with Gasteiger partial charge in [0.15, 0.2) is 0 Å². The standard InChI is InChI=1S/C19H25NO/c1-2-20-16-19(18-13-7-4-8-14-18)21-15-9-12-17-10-5-3-6-11-17/h3-8,10-11,13-14,19-20H,2,9,12,15-16H2,1H3. The smallest absolute Gasteiger partial charge is 0.0949 e. The molecule has 0 fully saturated rings. The van der Waals surface area contributed by atoms with E-state index in [2.05, 4.69) is 66.8 Å². The van der Waals surface area contributed by atoms with Crippen molar-refractivity contribution in [3.63, 3.8) is 0 Å². The van der Waals surface area contributed by atoms with Gasteiger partial charge < -0.3 is 10.1 Å². The molecule has 0 saturated carbocycles. The second kappa shape index (κ2) is 9.32. The molecule has 1 atom stereocenters. The number of aryl methyl sites for hydroxylation is 1. The number of hydrogen-bond donors (Lipinski definition) is 1. The quantitative estimate of drug-likeness (QED) is 0.703. The van der Waals surface area contributed by atoms with Crippen molar-refractivity contribution >= 4 is 0 Å². The zero-order chi connectivity index (χ0) is 14.8. The lowest BCUT2D eigenvalue weighted by Crippen LogP contribution is -2.23. The first-order valence-corrected chi connectivity index (χ1v) is 7.81. The highest BCUT2D eigenvalue weighted by molar-refractivity contribution is 5.18. The lowest BCUT2D eigenvalue weighted by molar-refractivity contribution is 0.0514. The van der Waals surface area contributed by atoms with E-state index in [1.165, 1.54) is 11.1 Å². The van der Waals surface area contributed by atoms with Crippen molar-refractivity contribution in [3.05, 3.63) is 71.8 Å². The molecule has 0 heterocycles. The maximum absolute atomic E-state index is 6.09. The molecule has 2 heteroatoms. The summed E-state index contributed by atoms with van der Waals surface area (Å²) in [5, 5.41) is 3.38. The molecule has 2 nitrogen and oxygen atoms in total. The Balaban J connectivity index is 1.79. The van der Waals surface area contributed by atoms with Gasteiger partial charge in [-0.1, -0.05) is 67.6 Å². The van der Waals surface area contributed by atoms with Crippen LogP contribution in [0.5, 0.6) is 0 Å². The van der Waals surface area contributed by atoms with E-state index in [9.17, 15) is 0 Å². The van der Waals surface area contributed by atoms with Gasteiger partial charge in [0.05, 0.1) is 6.10 Å². The fraction of sp³-hybridized carbons (Fsp3) is 0.368. The minimum atomic E-state index is 0.141. The Morgan fingerprint density at radius 2 is 1.62 bits per heavy atom. The van der Waals surface area contributed by atoms with Gasteiger partial charge in [0.2, 0.25) is 0 Å². The monoisotopic (exact) mass is 283 g/mol. The number of ether oxygens (including phenoxy) is 1. The van der Waals surface area contributed by atoms with E-state index >= 15 is 0 Å². The molecule has 0 spiro atoms. The summed E-state index contributed by atoms with van der Waals surface area (Å²) in [5.74, 6) is 0. The van der Waals surface area contributed by atoms with Gasteiger partial charge in [-0.3, -0.25) is 0 Å². The molecule has 112 valence electrons. The molecule has 0 radical (unpaired) electrons. The number of likely N-dealkylation sites (N-methyl/N-ethyl adjacent to an activating group) is 1. The van der Waals surface area contributed by atoms with E-state index < -0.39 is 0 Å². The lowest BCUT2D eigenvalue weighted by atomic mass is 10.1. The van der Waals surface area contributed by atoms with Crippen molar-refractivity contribution in [1.82, 2.24) is 5.32 Å². The van der Waals surface area contributed by atoms with Crippen LogP contribution in [0.4, 0.5) is 0 Å². The number of rotatable bonds is 9. The summed E-state index contributed by atoms with van der Waals surface area (Å²) in [5.41, 5.74) is 2.63. The summed E-state index contributed by atoms with van der Waals surface area (Å²) < 4.78 is 6.09. The third-order valence-corrected chi connectivity index (χ3v) is 3.52. The molecular formula is C19H25NO. The molecule has 0 aliphatic rings. The lowest BCUT2D eigenvalue weighted by Gasteiger charge is -2.18. The molecule has 0 aliphatic carbocycles. The predicted molar refractivity (Wildman–Crippen MR) is 88.4 cm³/mol. The van der Waals surface area contributed by atoms with Gasteiger partial charge in [-0.15, -0.1) is 0 Å². The number of nitrogens with one attached hydrogen (secondary N) is 1. The van der Waals surface area contributed by atoms with Crippen LogP contribution in [-0.4, -0.2) is 19.7 Å². The molecule has 2 aromatic rings. The Hall–Kier alpha value is -1.64. The summed E-state index contributed by atoms with van der Waals surface area (Å²) in [4.78, 5) is 0. The molecule has 1 unspecified atom stereocenters. The summed E-state index contributed by atoms with van der Waals surface area (Å²) in [6.07, 6.45) is 2.27. The van der Waals surface area contributed by atoms with Gasteiger partial charge in [-0.25, -0.2) is 0 Å². The molecule has 2 aromatic carbocycles. The Kier molecular flexibility index (Phi) is 6.99. The van der Waals surface area contributed by atoms with Gasteiger partial charge >= 0.3 is 0 Å². The van der Waals surface area contributed by atoms with Crippen LogP contribution in [0, 0.1) is 0 Å². The molecule has 0 amide bonds. The van der Waals surface area contributed by atoms with E-state index in [0.717, 1.165) is 32.5 Å². The van der Waals surface area contributed by atoms with Crippen LogP contribution in [0.25, 0.3) is 0 Å². The zero-order valence-electron chi connectivity index (χ0n) is 12.8. The second-order valence-electron chi connectivity index (χ2n) is 5.17. The van der Waals surface area contributed by atoms with Crippen LogP contribution in [0.15, 0.2) is 60.7 Å². The summed E-state index contributed by atoms with van der Waals surface area (Å²) in [6, 6.07) is 21.1. The average Bonchev–Trinajstić information content (AvgIpc) is 2.56. The van der Waals surface area contributed by atoms with Crippen LogP contribution in [0.1, 0.15) is 30.6 Å². The van der Waals surface area contributed by atoms with Crippen LogP contribution in [0.3, 0.4) is 0 Å². The van der Waals surface area contributed by atoms with Crippen molar-refractivity contribution in [2.24, 2.45) is 0 Å². The Morgan fingerprint density at radius 1 is 0.952 bits per heavy atom. The van der Waals surface area contributed by atoms with Crippen molar-refractivity contribution < 1.29 is 4.74 Å². The summed E-state index contributed by atoms with van der Waals surface area (Å²) in [6.45, 7) is 4.75. The van der Waals surface area contributed by atoms with Gasteiger partial charge in [-0.2, -0.15) is 0 Å². The first-order valence-electron chi connectivity index (χ1n) is 7.81. The zero-order valence-corrected chi connectivity index (χ0v) is 12.8. The summed E-state index contributed by atoms with van der Waals surface area (Å²) in [7, 11) is 0. The molecule has 21 heavy (non-hydrogen) atoms. The molecule has 0 saturated heterocycles. The van der Waals surface area contributed by atoms with Crippen molar-refractivity contribution in [1.29, 1.82) is 0 Å². The summed E-state index contributed by atoms with van der Waals surface area (Å²) >= 11 is 0. The predicted octanol–water partition coefficient (Wildman–Crippen LogP) is 3.99. The van der Waals surface area contributed by atoms with E-state index in [-0.39, 0.29) is 6.10 Å². The maximum atomic E-state index is 6.09. The largest absolute Gasteiger partial charge is 0.372 e. The third-order valence-electron chi connectivity index (χ3n) is 3.52. The Bertz CT molecular complexity index is 483. The van der Waals surface area contributed by atoms with E-state index in [0.29, 0.717) is 0 Å². The Labute approximate surface area is 128 Å². The fourth-order valence-electron chi connectivity index (χ4n) is 2.36. The normalized spacial score (nSPS) is 12.2. The molecule has 2 rings (SSSR count). The van der Waals surface area contributed by atoms with Gasteiger partial charge in [-0.05, 0) is 30.5 Å². The highest BCUT2D eigenvalue weighted by Crippen LogP contribution is 2.17. The highest BCUT2D eigenvalue weighted by Gasteiger charge is 2.10. The maximum Gasteiger partial charge on any atom is 0.0949 e. The molecular weight excluding hydrogens is 258 g/mol. The molecule has 0 aliphatic heterocycles. The van der Waals surface area contributed by atoms with Gasteiger partial charge in [0, 0.05) is 13.2 Å².